The van der Waals surface area contributed by atoms with Crippen LogP contribution in [0.4, 0.5) is 0 Å². The lowest BCUT2D eigenvalue weighted by Gasteiger charge is -2.72. The predicted molar refractivity (Wildman–Crippen MR) is 169 cm³/mol. The Labute approximate surface area is 265 Å². The molecule has 0 amide bonds. The highest BCUT2D eigenvalue weighted by Gasteiger charge is 2.72. The first kappa shape index (κ1) is 32.1. The van der Waals surface area contributed by atoms with E-state index in [-0.39, 0.29) is 63.3 Å². The van der Waals surface area contributed by atoms with E-state index in [2.05, 4.69) is 48.1 Å². The van der Waals surface area contributed by atoms with Gasteiger partial charge in [0.25, 0.3) is 0 Å². The number of esters is 1. The number of fused-ring (bicyclic) bond motifs is 7. The maximum atomic E-state index is 13.5. The number of carboxylic acid groups (broad SMARTS) is 2. The van der Waals surface area contributed by atoms with Crippen molar-refractivity contribution in [3.8, 4) is 0 Å². The first-order chi connectivity index (χ1) is 20.3. The van der Waals surface area contributed by atoms with Crippen LogP contribution in [-0.2, 0) is 19.1 Å². The maximum Gasteiger partial charge on any atom is 0.310 e. The second-order valence-corrected chi connectivity index (χ2v) is 18.4. The number of hydrogen-bond acceptors (Lipinski definition) is 4. The monoisotopic (exact) mass is 610 g/mol. The van der Waals surface area contributed by atoms with Crippen LogP contribution in [0, 0.1) is 73.9 Å². The fourth-order valence-electron chi connectivity index (χ4n) is 13.7. The van der Waals surface area contributed by atoms with Gasteiger partial charge in [-0.2, -0.15) is 0 Å². The van der Waals surface area contributed by atoms with Gasteiger partial charge in [0, 0.05) is 11.8 Å². The fourth-order valence-corrected chi connectivity index (χ4v) is 13.7. The van der Waals surface area contributed by atoms with Crippen molar-refractivity contribution in [3.63, 3.8) is 0 Å². The quantitative estimate of drug-likeness (QED) is 0.231. The van der Waals surface area contributed by atoms with E-state index in [0.717, 1.165) is 64.2 Å². The van der Waals surface area contributed by atoms with Crippen molar-refractivity contribution >= 4 is 17.9 Å². The highest BCUT2D eigenvalue weighted by Crippen LogP contribution is 2.77. The maximum absolute atomic E-state index is 13.5. The third-order valence-corrected chi connectivity index (χ3v) is 16.4. The second kappa shape index (κ2) is 9.83. The van der Waals surface area contributed by atoms with Crippen molar-refractivity contribution in [3.05, 3.63) is 12.2 Å². The molecule has 0 saturated heterocycles. The molecule has 6 saturated carbocycles. The molecular formula is C38H58O6. The molecule has 0 spiro atoms. The molecular weight excluding hydrogens is 552 g/mol. The van der Waals surface area contributed by atoms with E-state index in [0.29, 0.717) is 23.7 Å². The van der Waals surface area contributed by atoms with Gasteiger partial charge < -0.3 is 14.9 Å². The third-order valence-electron chi connectivity index (χ3n) is 16.4. The molecule has 44 heavy (non-hydrogen) atoms. The van der Waals surface area contributed by atoms with E-state index < -0.39 is 17.4 Å². The van der Waals surface area contributed by atoms with E-state index in [1.54, 1.807) is 0 Å². The van der Waals surface area contributed by atoms with E-state index in [4.69, 9.17) is 4.74 Å². The van der Waals surface area contributed by atoms with E-state index >= 15 is 0 Å². The summed E-state index contributed by atoms with van der Waals surface area (Å²) in [5.74, 6) is -0.251. The zero-order chi connectivity index (χ0) is 32.4. The number of hydrogen-bond donors (Lipinski definition) is 2. The van der Waals surface area contributed by atoms with Crippen LogP contribution < -0.4 is 0 Å². The topological polar surface area (TPSA) is 101 Å². The van der Waals surface area contributed by atoms with Gasteiger partial charge in [-0.3, -0.25) is 14.4 Å². The Morgan fingerprint density at radius 2 is 1.45 bits per heavy atom. The van der Waals surface area contributed by atoms with Crippen molar-refractivity contribution in [1.29, 1.82) is 0 Å². The third kappa shape index (κ3) is 4.06. The number of carboxylic acids is 2. The summed E-state index contributed by atoms with van der Waals surface area (Å²) in [6.45, 7) is 22.7. The van der Waals surface area contributed by atoms with Gasteiger partial charge in [0.15, 0.2) is 0 Å². The summed E-state index contributed by atoms with van der Waals surface area (Å²) >= 11 is 0. The summed E-state index contributed by atoms with van der Waals surface area (Å²) in [7, 11) is 0. The van der Waals surface area contributed by atoms with E-state index in [1.807, 2.05) is 13.8 Å². The summed E-state index contributed by atoms with van der Waals surface area (Å²) in [5, 5.41) is 20.0. The average Bonchev–Trinajstić information content (AvgIpc) is 3.24. The molecule has 6 rings (SSSR count). The van der Waals surface area contributed by atoms with Crippen LogP contribution in [0.15, 0.2) is 12.2 Å². The Bertz CT molecular complexity index is 1270. The average molecular weight is 611 g/mol. The van der Waals surface area contributed by atoms with Crippen LogP contribution in [0.25, 0.3) is 0 Å². The zero-order valence-corrected chi connectivity index (χ0v) is 28.6. The number of rotatable bonds is 6. The van der Waals surface area contributed by atoms with Crippen molar-refractivity contribution in [1.82, 2.24) is 0 Å². The SMILES string of the molecule is C=C(C)C1CC[C@]2(C(=O)O)CC[C@]3(C)[C@H](CCC4C5(C)CC[C@H](OC(=O)[C@H]6[C@@H](CC(=O)O)C6(C)C)C(C)(C)C5CC[C@]43C)[C@@H]12. The molecule has 0 aromatic carbocycles. The number of aliphatic carboxylic acids is 2. The molecule has 0 aliphatic heterocycles. The number of allylic oxidation sites excluding steroid dienone is 1. The molecule has 0 aromatic heterocycles. The molecule has 6 aliphatic carbocycles. The minimum atomic E-state index is -0.851. The summed E-state index contributed by atoms with van der Waals surface area (Å²) in [6.07, 6.45) is 9.75. The normalized spacial score (nSPS) is 49.8. The minimum absolute atomic E-state index is 0.0170. The highest BCUT2D eigenvalue weighted by atomic mass is 16.5. The Morgan fingerprint density at radius 1 is 0.773 bits per heavy atom. The van der Waals surface area contributed by atoms with Gasteiger partial charge in [-0.25, -0.2) is 0 Å². The lowest BCUT2D eigenvalue weighted by molar-refractivity contribution is -0.250. The number of ether oxygens (including phenoxy) is 1. The van der Waals surface area contributed by atoms with Crippen molar-refractivity contribution in [2.24, 2.45) is 73.9 Å². The smallest absolute Gasteiger partial charge is 0.310 e. The molecule has 6 heteroatoms. The van der Waals surface area contributed by atoms with E-state index in [1.165, 1.54) is 5.57 Å². The first-order valence-electron chi connectivity index (χ1n) is 17.6. The van der Waals surface area contributed by atoms with Crippen LogP contribution in [-0.4, -0.2) is 34.2 Å². The largest absolute Gasteiger partial charge is 0.481 e. The molecule has 246 valence electrons. The Balaban J connectivity index is 1.25. The van der Waals surface area contributed by atoms with Gasteiger partial charge in [-0.1, -0.05) is 60.6 Å². The summed E-state index contributed by atoms with van der Waals surface area (Å²) in [6, 6.07) is 0. The molecule has 6 nitrogen and oxygen atoms in total. The summed E-state index contributed by atoms with van der Waals surface area (Å²) in [5.41, 5.74) is 0.425. The standard InChI is InChI=1S/C38H58O6/c1-21(2)22-12-17-38(32(42)43)19-18-36(8)23(29(22)38)10-11-26-35(7)15-14-27(34(5,6)25(35)13-16-37(26,36)9)44-31(41)30-24(20-28(39)40)33(30,3)4/h22-27,29-30H,1,10-20H2,2-9H3,(H,39,40)(H,42,43)/t22?,23-,24-,25?,26?,27+,29-,30-,35?,36-,37-,38+/m1/s1. The molecule has 12 atom stereocenters. The molecule has 0 aromatic rings. The van der Waals surface area contributed by atoms with Gasteiger partial charge in [0.2, 0.25) is 0 Å². The van der Waals surface area contributed by atoms with Crippen molar-refractivity contribution < 1.29 is 29.3 Å². The van der Waals surface area contributed by atoms with Gasteiger partial charge in [0.1, 0.15) is 6.10 Å². The predicted octanol–water partition coefficient (Wildman–Crippen LogP) is 8.39. The first-order valence-corrected chi connectivity index (χ1v) is 17.6. The fraction of sp³-hybridized carbons (Fsp3) is 0.868. The van der Waals surface area contributed by atoms with Crippen LogP contribution in [0.2, 0.25) is 0 Å². The van der Waals surface area contributed by atoms with Gasteiger partial charge in [0.05, 0.1) is 11.3 Å². The summed E-state index contributed by atoms with van der Waals surface area (Å²) < 4.78 is 6.36. The Hall–Kier alpha value is -1.85. The lowest BCUT2D eigenvalue weighted by Crippen LogP contribution is -2.67. The molecule has 0 radical (unpaired) electrons. The van der Waals surface area contributed by atoms with E-state index in [9.17, 15) is 24.6 Å². The van der Waals surface area contributed by atoms with Gasteiger partial charge in [-0.15, -0.1) is 0 Å². The lowest BCUT2D eigenvalue weighted by atomic mass is 9.32. The summed E-state index contributed by atoms with van der Waals surface area (Å²) in [4.78, 5) is 37.8. The van der Waals surface area contributed by atoms with Crippen molar-refractivity contribution in [2.75, 3.05) is 0 Å². The van der Waals surface area contributed by atoms with Crippen molar-refractivity contribution in [2.45, 2.75) is 132 Å². The zero-order valence-electron chi connectivity index (χ0n) is 28.6. The molecule has 6 fully saturated rings. The highest BCUT2D eigenvalue weighted by molar-refractivity contribution is 5.80. The van der Waals surface area contributed by atoms with Crippen LogP contribution in [0.5, 0.6) is 0 Å². The minimum Gasteiger partial charge on any atom is -0.481 e. The molecule has 4 unspecified atom stereocenters. The molecule has 0 bridgehead atoms. The van der Waals surface area contributed by atoms with Crippen LogP contribution in [0.1, 0.15) is 126 Å². The molecule has 6 aliphatic rings. The molecule has 2 N–H and O–H groups in total. The van der Waals surface area contributed by atoms with Crippen LogP contribution >= 0.6 is 0 Å². The Morgan fingerprint density at radius 3 is 2.07 bits per heavy atom. The molecule has 0 heterocycles. The number of carbonyl (C=O) groups excluding carboxylic acids is 1. The number of carbonyl (C=O) groups is 3. The second-order valence-electron chi connectivity index (χ2n) is 18.4. The Kier molecular flexibility index (Phi) is 7.17. The van der Waals surface area contributed by atoms with Gasteiger partial charge in [-0.05, 0) is 128 Å². The van der Waals surface area contributed by atoms with Gasteiger partial charge >= 0.3 is 17.9 Å². The van der Waals surface area contributed by atoms with Crippen LogP contribution in [0.3, 0.4) is 0 Å².